The molecule has 0 spiro atoms. The molecule has 0 radical (unpaired) electrons. The fourth-order valence-electron chi connectivity index (χ4n) is 3.98. The van der Waals surface area contributed by atoms with Gasteiger partial charge in [0.2, 0.25) is 0 Å². The zero-order chi connectivity index (χ0) is 17.1. The maximum Gasteiger partial charge on any atom is 0.263 e. The van der Waals surface area contributed by atoms with E-state index < -0.39 is 6.10 Å². The summed E-state index contributed by atoms with van der Waals surface area (Å²) in [5, 5.41) is 8.84. The van der Waals surface area contributed by atoms with Crippen molar-refractivity contribution < 1.29 is 9.53 Å². The Bertz CT molecular complexity index is 622. The minimum Gasteiger partial charge on any atom is -0.481 e. The zero-order valence-electron chi connectivity index (χ0n) is 14.4. The number of carbonyl (C=O) groups is 1. The van der Waals surface area contributed by atoms with Gasteiger partial charge in [0.25, 0.3) is 5.91 Å². The van der Waals surface area contributed by atoms with Crippen LogP contribution < -0.4 is 4.74 Å². The molecule has 5 nitrogen and oxygen atoms in total. The van der Waals surface area contributed by atoms with Gasteiger partial charge >= 0.3 is 0 Å². The topological polar surface area (TPSA) is 56.6 Å². The number of rotatable bonds is 4. The predicted octanol–water partition coefficient (Wildman–Crippen LogP) is 2.41. The van der Waals surface area contributed by atoms with Crippen LogP contribution in [0.5, 0.6) is 5.75 Å². The summed E-state index contributed by atoms with van der Waals surface area (Å²) in [7, 11) is 2.16. The van der Waals surface area contributed by atoms with Crippen LogP contribution in [0.15, 0.2) is 24.3 Å². The average Bonchev–Trinajstić information content (AvgIpc) is 3.23. The van der Waals surface area contributed by atoms with Crippen molar-refractivity contribution in [1.82, 2.24) is 9.80 Å². The highest BCUT2D eigenvalue weighted by molar-refractivity contribution is 5.81. The van der Waals surface area contributed by atoms with E-state index in [2.05, 4.69) is 18.0 Å². The van der Waals surface area contributed by atoms with Crippen LogP contribution in [-0.4, -0.2) is 54.0 Å². The van der Waals surface area contributed by atoms with Crippen LogP contribution in [0.1, 0.15) is 38.2 Å². The first-order chi connectivity index (χ1) is 11.6. The molecule has 1 amide bonds. The molecule has 5 heteroatoms. The van der Waals surface area contributed by atoms with E-state index in [4.69, 9.17) is 10.00 Å². The third-order valence-electron chi connectivity index (χ3n) is 5.25. The van der Waals surface area contributed by atoms with Crippen molar-refractivity contribution in [1.29, 1.82) is 5.26 Å². The second-order valence-corrected chi connectivity index (χ2v) is 6.83. The molecule has 0 N–H and O–H groups in total. The Balaban J connectivity index is 1.64. The molecule has 0 aliphatic carbocycles. The first-order valence-electron chi connectivity index (χ1n) is 8.77. The molecule has 2 fully saturated rings. The summed E-state index contributed by atoms with van der Waals surface area (Å²) < 4.78 is 5.81. The van der Waals surface area contributed by atoms with Gasteiger partial charge in [0.15, 0.2) is 6.10 Å². The van der Waals surface area contributed by atoms with Crippen LogP contribution in [0, 0.1) is 11.3 Å². The molecule has 24 heavy (non-hydrogen) atoms. The van der Waals surface area contributed by atoms with Crippen molar-refractivity contribution in [3.05, 3.63) is 29.8 Å². The number of nitrogens with zero attached hydrogens (tertiary/aromatic N) is 3. The van der Waals surface area contributed by atoms with E-state index in [1.807, 2.05) is 11.8 Å². The molecule has 3 atom stereocenters. The van der Waals surface area contributed by atoms with Crippen molar-refractivity contribution in [3.8, 4) is 11.8 Å². The molecular formula is C19H25N3O2. The van der Waals surface area contributed by atoms with Crippen LogP contribution >= 0.6 is 0 Å². The average molecular weight is 327 g/mol. The van der Waals surface area contributed by atoms with Crippen molar-refractivity contribution in [2.24, 2.45) is 0 Å². The largest absolute Gasteiger partial charge is 0.481 e. The Hall–Kier alpha value is -2.06. The van der Waals surface area contributed by atoms with Crippen molar-refractivity contribution in [2.75, 3.05) is 20.1 Å². The van der Waals surface area contributed by atoms with E-state index in [0.29, 0.717) is 23.4 Å². The number of amides is 1. The number of hydrogen-bond donors (Lipinski definition) is 0. The Labute approximate surface area is 143 Å². The number of carbonyl (C=O) groups excluding carboxylic acids is 1. The lowest BCUT2D eigenvalue weighted by atomic mass is 10.0. The molecule has 2 aliphatic rings. The maximum absolute atomic E-state index is 12.9. The first kappa shape index (κ1) is 16.8. The van der Waals surface area contributed by atoms with E-state index in [1.54, 1.807) is 24.3 Å². The van der Waals surface area contributed by atoms with E-state index in [9.17, 15) is 4.79 Å². The van der Waals surface area contributed by atoms with Crippen LogP contribution in [0.3, 0.4) is 0 Å². The molecule has 2 saturated heterocycles. The van der Waals surface area contributed by atoms with Gasteiger partial charge < -0.3 is 14.5 Å². The number of benzene rings is 1. The summed E-state index contributed by atoms with van der Waals surface area (Å²) in [6, 6.07) is 9.79. The first-order valence-corrected chi connectivity index (χ1v) is 8.77. The molecule has 1 aromatic rings. The van der Waals surface area contributed by atoms with Gasteiger partial charge in [-0.05, 0) is 70.5 Å². The molecule has 0 unspecified atom stereocenters. The molecule has 1 aromatic carbocycles. The fourth-order valence-corrected chi connectivity index (χ4v) is 3.98. The molecule has 0 saturated carbocycles. The predicted molar refractivity (Wildman–Crippen MR) is 91.6 cm³/mol. The SMILES string of the molecule is C[C@H](Oc1ccc(C#N)cc1)C(=O)N1CCC[C@@H]1[C@@H]1CCCN1C. The monoisotopic (exact) mass is 327 g/mol. The maximum atomic E-state index is 12.9. The van der Waals surface area contributed by atoms with Gasteiger partial charge in [0.05, 0.1) is 11.6 Å². The third kappa shape index (κ3) is 3.39. The van der Waals surface area contributed by atoms with E-state index in [0.717, 1.165) is 25.9 Å². The van der Waals surface area contributed by atoms with Gasteiger partial charge in [-0.3, -0.25) is 4.79 Å². The van der Waals surface area contributed by atoms with Crippen LogP contribution in [0.4, 0.5) is 0 Å². The molecule has 0 aromatic heterocycles. The summed E-state index contributed by atoms with van der Waals surface area (Å²) in [5.74, 6) is 0.700. The normalized spacial score (nSPS) is 25.5. The quantitative estimate of drug-likeness (QED) is 0.852. The molecule has 2 heterocycles. The van der Waals surface area contributed by atoms with Gasteiger partial charge in [-0.25, -0.2) is 0 Å². The summed E-state index contributed by atoms with van der Waals surface area (Å²) in [6.07, 6.45) is 4.05. The van der Waals surface area contributed by atoms with Crippen LogP contribution in [-0.2, 0) is 4.79 Å². The van der Waals surface area contributed by atoms with Crippen molar-refractivity contribution >= 4 is 5.91 Å². The van der Waals surface area contributed by atoms with Crippen LogP contribution in [0.2, 0.25) is 0 Å². The Morgan fingerprint density at radius 1 is 1.21 bits per heavy atom. The number of ether oxygens (including phenoxy) is 1. The second-order valence-electron chi connectivity index (χ2n) is 6.83. The highest BCUT2D eigenvalue weighted by atomic mass is 16.5. The Morgan fingerprint density at radius 3 is 2.50 bits per heavy atom. The zero-order valence-corrected chi connectivity index (χ0v) is 14.4. The highest BCUT2D eigenvalue weighted by Crippen LogP contribution is 2.29. The Kier molecular flexibility index (Phi) is 5.06. The van der Waals surface area contributed by atoms with E-state index >= 15 is 0 Å². The molecular weight excluding hydrogens is 302 g/mol. The summed E-state index contributed by atoms with van der Waals surface area (Å²) in [5.41, 5.74) is 0.588. The van der Waals surface area contributed by atoms with E-state index in [1.165, 1.54) is 12.8 Å². The number of nitriles is 1. The summed E-state index contributed by atoms with van der Waals surface area (Å²) >= 11 is 0. The van der Waals surface area contributed by atoms with Gasteiger partial charge in [-0.2, -0.15) is 5.26 Å². The lowest BCUT2D eigenvalue weighted by Gasteiger charge is -2.34. The molecule has 128 valence electrons. The minimum atomic E-state index is -0.509. The summed E-state index contributed by atoms with van der Waals surface area (Å²) in [6.45, 7) is 3.77. The van der Waals surface area contributed by atoms with Gasteiger partial charge in [0, 0.05) is 18.6 Å². The van der Waals surface area contributed by atoms with Crippen LogP contribution in [0.25, 0.3) is 0 Å². The molecule has 3 rings (SSSR count). The standard InChI is InChI=1S/C19H25N3O2/c1-14(24-16-9-7-15(13-20)8-10-16)19(23)22-12-4-6-18(22)17-5-3-11-21(17)2/h7-10,14,17-18H,3-6,11-12H2,1-2H3/t14-,17-,18+/m0/s1. The Morgan fingerprint density at radius 2 is 1.88 bits per heavy atom. The number of likely N-dealkylation sites (tertiary alicyclic amines) is 2. The summed E-state index contributed by atoms with van der Waals surface area (Å²) in [4.78, 5) is 17.3. The van der Waals surface area contributed by atoms with Gasteiger partial charge in [-0.15, -0.1) is 0 Å². The fraction of sp³-hybridized carbons (Fsp3) is 0.579. The number of likely N-dealkylation sites (N-methyl/N-ethyl adjacent to an activating group) is 1. The molecule has 2 aliphatic heterocycles. The lowest BCUT2D eigenvalue weighted by Crippen LogP contribution is -2.50. The number of hydrogen-bond acceptors (Lipinski definition) is 4. The van der Waals surface area contributed by atoms with E-state index in [-0.39, 0.29) is 5.91 Å². The van der Waals surface area contributed by atoms with Crippen molar-refractivity contribution in [2.45, 2.75) is 50.8 Å². The van der Waals surface area contributed by atoms with Gasteiger partial charge in [-0.1, -0.05) is 0 Å². The molecule has 0 bridgehead atoms. The minimum absolute atomic E-state index is 0.0714. The second kappa shape index (κ2) is 7.23. The third-order valence-corrected chi connectivity index (χ3v) is 5.25. The van der Waals surface area contributed by atoms with Crippen molar-refractivity contribution in [3.63, 3.8) is 0 Å². The van der Waals surface area contributed by atoms with Gasteiger partial charge in [0.1, 0.15) is 5.75 Å². The smallest absolute Gasteiger partial charge is 0.263 e. The lowest BCUT2D eigenvalue weighted by molar-refractivity contribution is -0.139. The highest BCUT2D eigenvalue weighted by Gasteiger charge is 2.39.